The molecule has 3 aliphatic rings. The number of likely N-dealkylation sites (tertiary alicyclic amines) is 1. The molecule has 1 N–H and O–H groups in total. The van der Waals surface area contributed by atoms with Gasteiger partial charge in [-0.3, -0.25) is 24.2 Å². The first-order valence-corrected chi connectivity index (χ1v) is 18.0. The summed E-state index contributed by atoms with van der Waals surface area (Å²) in [6.45, 7) is 4.89. The Labute approximate surface area is 283 Å². The summed E-state index contributed by atoms with van der Waals surface area (Å²) >= 11 is 8.45. The molecule has 3 aromatic rings. The number of furan rings is 1. The standard InChI is InChI=1S/C35H41ClFN3O6S/c1-2-44-34(43)23-9-11-25(12-10-23)46-35(39-13-5-6-14-39,40-15-17-47-18-16-40)32(41)20-24-19-28(36)30(21-29(24)37)38-33(42)27-22-45-31-8-4-3-7-26(27)31/h3-4,7-8,19,21-23,25H,2,5-6,9-18,20H2,1H3,(H,38,42)/t23-,25-,35?. The Bertz CT molecular complexity index is 1600. The molecule has 6 rings (SSSR count). The van der Waals surface area contributed by atoms with E-state index in [1.54, 1.807) is 18.2 Å². The number of esters is 1. The van der Waals surface area contributed by atoms with Gasteiger partial charge < -0.3 is 19.2 Å². The van der Waals surface area contributed by atoms with E-state index in [-0.39, 0.29) is 46.5 Å². The van der Waals surface area contributed by atoms with Crippen LogP contribution in [0.25, 0.3) is 11.0 Å². The Morgan fingerprint density at radius 2 is 1.74 bits per heavy atom. The average Bonchev–Trinajstić information content (AvgIpc) is 3.78. The third-order valence-electron chi connectivity index (χ3n) is 9.42. The molecule has 3 fully saturated rings. The fourth-order valence-electron chi connectivity index (χ4n) is 7.01. The Morgan fingerprint density at radius 3 is 2.47 bits per heavy atom. The summed E-state index contributed by atoms with van der Waals surface area (Å²) in [5.74, 6) is -1.34. The predicted octanol–water partition coefficient (Wildman–Crippen LogP) is 6.53. The van der Waals surface area contributed by atoms with Gasteiger partial charge in [-0.2, -0.15) is 11.8 Å². The second kappa shape index (κ2) is 15.1. The second-order valence-corrected chi connectivity index (χ2v) is 14.0. The van der Waals surface area contributed by atoms with E-state index in [0.717, 1.165) is 30.4 Å². The average molecular weight is 686 g/mol. The Morgan fingerprint density at radius 1 is 1.04 bits per heavy atom. The maximum absolute atomic E-state index is 15.8. The van der Waals surface area contributed by atoms with Crippen LogP contribution in [0.2, 0.25) is 5.02 Å². The smallest absolute Gasteiger partial charge is 0.308 e. The molecular formula is C35H41ClFN3O6S. The van der Waals surface area contributed by atoms with Crippen LogP contribution >= 0.6 is 23.4 Å². The van der Waals surface area contributed by atoms with Gasteiger partial charge in [0.25, 0.3) is 5.91 Å². The lowest BCUT2D eigenvalue weighted by Gasteiger charge is -2.50. The van der Waals surface area contributed by atoms with E-state index < -0.39 is 17.6 Å². The summed E-state index contributed by atoms with van der Waals surface area (Å²) in [6, 6.07) is 9.72. The lowest BCUT2D eigenvalue weighted by molar-refractivity contribution is -0.254. The number of ketones is 1. The number of thioether (sulfide) groups is 1. The van der Waals surface area contributed by atoms with Gasteiger partial charge in [-0.05, 0) is 69.2 Å². The molecule has 0 spiro atoms. The zero-order valence-corrected chi connectivity index (χ0v) is 28.2. The summed E-state index contributed by atoms with van der Waals surface area (Å²) in [7, 11) is 0. The fourth-order valence-corrected chi connectivity index (χ4v) is 8.15. The lowest BCUT2D eigenvalue weighted by atomic mass is 9.87. The highest BCUT2D eigenvalue weighted by Gasteiger charge is 2.52. The van der Waals surface area contributed by atoms with Crippen LogP contribution in [-0.4, -0.2) is 83.7 Å². The van der Waals surface area contributed by atoms with Crippen molar-refractivity contribution < 1.29 is 32.7 Å². The fraction of sp³-hybridized carbons (Fsp3) is 0.514. The summed E-state index contributed by atoms with van der Waals surface area (Å²) in [5, 5.41) is 3.45. The zero-order valence-electron chi connectivity index (χ0n) is 26.6. The number of carbonyl (C=O) groups excluding carboxylic acids is 3. The summed E-state index contributed by atoms with van der Waals surface area (Å²) in [5.41, 5.74) is 1.10. The number of nitrogens with zero attached hydrogens (tertiary/aromatic N) is 2. The zero-order chi connectivity index (χ0) is 33.0. The van der Waals surface area contributed by atoms with E-state index in [2.05, 4.69) is 15.1 Å². The van der Waals surface area contributed by atoms with Gasteiger partial charge in [0.2, 0.25) is 5.85 Å². The number of nitrogens with one attached hydrogen (secondary N) is 1. The third kappa shape index (κ3) is 7.24. The number of anilines is 1. The summed E-state index contributed by atoms with van der Waals surface area (Å²) in [6.07, 6.45) is 5.32. The van der Waals surface area contributed by atoms with Crippen molar-refractivity contribution in [3.8, 4) is 0 Å². The molecule has 0 radical (unpaired) electrons. The molecule has 9 nitrogen and oxygen atoms in total. The van der Waals surface area contributed by atoms with Crippen LogP contribution in [0.15, 0.2) is 47.1 Å². The van der Waals surface area contributed by atoms with Gasteiger partial charge in [-0.1, -0.05) is 29.8 Å². The molecule has 1 aromatic heterocycles. The highest BCUT2D eigenvalue weighted by atomic mass is 35.5. The van der Waals surface area contributed by atoms with Crippen molar-refractivity contribution in [1.82, 2.24) is 9.80 Å². The van der Waals surface area contributed by atoms with Crippen molar-refractivity contribution in [3.63, 3.8) is 0 Å². The van der Waals surface area contributed by atoms with Crippen molar-refractivity contribution in [3.05, 3.63) is 64.6 Å². The monoisotopic (exact) mass is 685 g/mol. The van der Waals surface area contributed by atoms with Crippen molar-refractivity contribution >= 4 is 57.7 Å². The molecule has 2 aromatic carbocycles. The largest absolute Gasteiger partial charge is 0.466 e. The van der Waals surface area contributed by atoms with Crippen molar-refractivity contribution in [2.24, 2.45) is 5.92 Å². The number of amides is 1. The van der Waals surface area contributed by atoms with Crippen LogP contribution in [0, 0.1) is 11.7 Å². The first-order valence-electron chi connectivity index (χ1n) is 16.5. The van der Waals surface area contributed by atoms with Crippen LogP contribution in [0.4, 0.5) is 10.1 Å². The van der Waals surface area contributed by atoms with Gasteiger partial charge in [0.1, 0.15) is 17.7 Å². The molecule has 3 heterocycles. The minimum atomic E-state index is -1.35. The number of carbonyl (C=O) groups is 3. The van der Waals surface area contributed by atoms with Crippen LogP contribution in [0.3, 0.4) is 0 Å². The van der Waals surface area contributed by atoms with Gasteiger partial charge >= 0.3 is 5.97 Å². The maximum Gasteiger partial charge on any atom is 0.308 e. The lowest BCUT2D eigenvalue weighted by Crippen LogP contribution is -2.69. The second-order valence-electron chi connectivity index (χ2n) is 12.4. The molecule has 1 amide bonds. The van der Waals surface area contributed by atoms with E-state index in [4.69, 9.17) is 25.5 Å². The number of rotatable bonds is 11. The van der Waals surface area contributed by atoms with Crippen molar-refractivity contribution in [1.29, 1.82) is 0 Å². The molecular weight excluding hydrogens is 645 g/mol. The first-order chi connectivity index (χ1) is 22.8. The number of hydrogen-bond donors (Lipinski definition) is 1. The maximum atomic E-state index is 15.8. The predicted molar refractivity (Wildman–Crippen MR) is 180 cm³/mol. The van der Waals surface area contributed by atoms with Crippen LogP contribution < -0.4 is 5.32 Å². The molecule has 1 aliphatic carbocycles. The number of para-hydroxylation sites is 1. The summed E-state index contributed by atoms with van der Waals surface area (Å²) in [4.78, 5) is 44.4. The molecule has 2 saturated heterocycles. The molecule has 47 heavy (non-hydrogen) atoms. The van der Waals surface area contributed by atoms with E-state index in [1.165, 1.54) is 12.3 Å². The molecule has 1 saturated carbocycles. The first kappa shape index (κ1) is 33.9. The van der Waals surface area contributed by atoms with Crippen LogP contribution in [-0.2, 0) is 25.5 Å². The van der Waals surface area contributed by atoms with Gasteiger partial charge in [0, 0.05) is 49.5 Å². The number of ether oxygens (including phenoxy) is 2. The number of fused-ring (bicyclic) bond motifs is 1. The minimum absolute atomic E-state index is 0.101. The molecule has 0 bridgehead atoms. The van der Waals surface area contributed by atoms with E-state index >= 15 is 4.39 Å². The highest BCUT2D eigenvalue weighted by Crippen LogP contribution is 2.38. The molecule has 1 unspecified atom stereocenters. The SMILES string of the molecule is CCOC(=O)[C@H]1CC[C@H](OC(C(=O)Cc2cc(Cl)c(NC(=O)c3coc4ccccc34)cc2F)(N2CCCC2)N2CCSCC2)CC1. The topological polar surface area (TPSA) is 101 Å². The number of halogens is 2. The minimum Gasteiger partial charge on any atom is -0.466 e. The van der Waals surface area contributed by atoms with Gasteiger partial charge in [-0.25, -0.2) is 4.39 Å². The molecule has 1 atom stereocenters. The quantitative estimate of drug-likeness (QED) is 0.226. The molecule has 252 valence electrons. The van der Waals surface area contributed by atoms with E-state index in [1.807, 2.05) is 24.8 Å². The Hall–Kier alpha value is -2.96. The highest BCUT2D eigenvalue weighted by molar-refractivity contribution is 7.99. The third-order valence-corrected chi connectivity index (χ3v) is 10.7. The molecule has 12 heteroatoms. The normalized spacial score (nSPS) is 22.2. The summed E-state index contributed by atoms with van der Waals surface area (Å²) < 4.78 is 33.5. The number of benzene rings is 2. The number of Topliss-reactive ketones (excluding diaryl/α,β-unsaturated/α-hetero) is 1. The van der Waals surface area contributed by atoms with Crippen LogP contribution in [0.1, 0.15) is 61.4 Å². The van der Waals surface area contributed by atoms with Crippen LogP contribution in [0.5, 0.6) is 0 Å². The van der Waals surface area contributed by atoms with E-state index in [0.29, 0.717) is 75.0 Å². The van der Waals surface area contributed by atoms with Crippen molar-refractivity contribution in [2.75, 3.05) is 49.6 Å². The van der Waals surface area contributed by atoms with Gasteiger partial charge in [-0.15, -0.1) is 0 Å². The Balaban J connectivity index is 1.24. The van der Waals surface area contributed by atoms with E-state index in [9.17, 15) is 14.4 Å². The van der Waals surface area contributed by atoms with Crippen molar-refractivity contribution in [2.45, 2.75) is 63.8 Å². The number of hydrogen-bond acceptors (Lipinski definition) is 9. The van der Waals surface area contributed by atoms with Gasteiger partial charge in [0.15, 0.2) is 5.78 Å². The Kier molecular flexibility index (Phi) is 10.9. The molecule has 2 aliphatic heterocycles. The van der Waals surface area contributed by atoms with Gasteiger partial charge in [0.05, 0.1) is 34.9 Å².